The van der Waals surface area contributed by atoms with Gasteiger partial charge in [0.1, 0.15) is 0 Å². The van der Waals surface area contributed by atoms with Gasteiger partial charge >= 0.3 is 0 Å². The minimum absolute atomic E-state index is 0.131. The number of carbonyl (C=O) groups is 1. The van der Waals surface area contributed by atoms with Crippen LogP contribution >= 0.6 is 22.6 Å². The Morgan fingerprint density at radius 1 is 1.44 bits per heavy atom. The van der Waals surface area contributed by atoms with Crippen molar-refractivity contribution < 1.29 is 9.53 Å². The summed E-state index contributed by atoms with van der Waals surface area (Å²) in [6, 6.07) is 7.92. The van der Waals surface area contributed by atoms with E-state index >= 15 is 0 Å². The minimum atomic E-state index is -0.131. The van der Waals surface area contributed by atoms with Gasteiger partial charge in [-0.2, -0.15) is 0 Å². The quantitative estimate of drug-likeness (QED) is 0.851. The zero-order chi connectivity index (χ0) is 11.4. The first kappa shape index (κ1) is 12.0. The number of halogens is 1. The molecule has 1 unspecified atom stereocenters. The van der Waals surface area contributed by atoms with Gasteiger partial charge in [-0.3, -0.25) is 4.79 Å². The van der Waals surface area contributed by atoms with E-state index in [1.165, 1.54) is 3.57 Å². The molecular weight excluding hydrogens is 317 g/mol. The Balaban J connectivity index is 1.93. The minimum Gasteiger partial charge on any atom is -0.378 e. The summed E-state index contributed by atoms with van der Waals surface area (Å²) < 4.78 is 6.46. The van der Waals surface area contributed by atoms with Crippen LogP contribution in [0.15, 0.2) is 24.3 Å². The Kier molecular flexibility index (Phi) is 4.31. The van der Waals surface area contributed by atoms with Gasteiger partial charge in [0.05, 0.1) is 19.3 Å². The van der Waals surface area contributed by atoms with E-state index < -0.39 is 0 Å². The van der Waals surface area contributed by atoms with Crippen LogP contribution in [0.5, 0.6) is 0 Å². The summed E-state index contributed by atoms with van der Waals surface area (Å²) in [6.45, 7) is 1.97. The zero-order valence-corrected chi connectivity index (χ0v) is 11.1. The molecule has 4 heteroatoms. The van der Waals surface area contributed by atoms with Gasteiger partial charge in [0, 0.05) is 16.5 Å². The molecule has 0 saturated carbocycles. The Bertz CT molecular complexity index is 358. The van der Waals surface area contributed by atoms with Crippen molar-refractivity contribution in [2.24, 2.45) is 0 Å². The number of rotatable bonds is 3. The maximum absolute atomic E-state index is 11.9. The molecule has 1 aromatic carbocycles. The molecular formula is C12H14INO2. The normalized spacial score (nSPS) is 20.7. The molecule has 1 heterocycles. The van der Waals surface area contributed by atoms with Crippen LogP contribution in [-0.4, -0.2) is 31.6 Å². The summed E-state index contributed by atoms with van der Waals surface area (Å²) in [7, 11) is 0. The molecule has 3 nitrogen and oxygen atoms in total. The predicted molar refractivity (Wildman–Crippen MR) is 70.5 cm³/mol. The molecule has 86 valence electrons. The number of ether oxygens (including phenoxy) is 1. The van der Waals surface area contributed by atoms with Gasteiger partial charge in [-0.15, -0.1) is 0 Å². The lowest BCUT2D eigenvalue weighted by atomic mass is 10.0. The van der Waals surface area contributed by atoms with Crippen molar-refractivity contribution >= 4 is 28.4 Å². The van der Waals surface area contributed by atoms with E-state index in [0.717, 1.165) is 12.1 Å². The van der Waals surface area contributed by atoms with Crippen LogP contribution in [0.3, 0.4) is 0 Å². The van der Waals surface area contributed by atoms with E-state index in [9.17, 15) is 4.79 Å². The van der Waals surface area contributed by atoms with E-state index in [-0.39, 0.29) is 11.8 Å². The maximum atomic E-state index is 11.9. The van der Waals surface area contributed by atoms with Gasteiger partial charge in [0.15, 0.2) is 5.78 Å². The fourth-order valence-electron chi connectivity index (χ4n) is 1.70. The number of nitrogens with one attached hydrogen (secondary N) is 1. The van der Waals surface area contributed by atoms with E-state index in [2.05, 4.69) is 27.9 Å². The van der Waals surface area contributed by atoms with Crippen LogP contribution in [-0.2, 0) is 16.0 Å². The Labute approximate surface area is 109 Å². The van der Waals surface area contributed by atoms with Crippen LogP contribution in [0.1, 0.15) is 5.56 Å². The van der Waals surface area contributed by atoms with E-state index in [1.54, 1.807) is 0 Å². The Hall–Kier alpha value is -0.460. The molecule has 0 spiro atoms. The third-order valence-electron chi connectivity index (χ3n) is 2.60. The van der Waals surface area contributed by atoms with Crippen LogP contribution < -0.4 is 5.32 Å². The third-order valence-corrected chi connectivity index (χ3v) is 3.32. The molecule has 0 amide bonds. The average Bonchev–Trinajstić information content (AvgIpc) is 2.33. The zero-order valence-electron chi connectivity index (χ0n) is 8.91. The highest BCUT2D eigenvalue weighted by atomic mass is 127. The average molecular weight is 331 g/mol. The fourth-order valence-corrected chi connectivity index (χ4v) is 2.06. The topological polar surface area (TPSA) is 38.3 Å². The number of carbonyl (C=O) groups excluding carboxylic acids is 1. The molecule has 0 aromatic heterocycles. The highest BCUT2D eigenvalue weighted by Gasteiger charge is 2.20. The van der Waals surface area contributed by atoms with Gasteiger partial charge in [0.2, 0.25) is 0 Å². The molecule has 0 bridgehead atoms. The van der Waals surface area contributed by atoms with Crippen molar-refractivity contribution in [2.45, 2.75) is 12.5 Å². The van der Waals surface area contributed by atoms with Gasteiger partial charge in [0.25, 0.3) is 0 Å². The van der Waals surface area contributed by atoms with Gasteiger partial charge < -0.3 is 10.1 Å². The molecule has 1 N–H and O–H groups in total. The van der Waals surface area contributed by atoms with Crippen LogP contribution in [0.25, 0.3) is 0 Å². The van der Waals surface area contributed by atoms with Crippen molar-refractivity contribution in [3.05, 3.63) is 33.4 Å². The summed E-state index contributed by atoms with van der Waals surface area (Å²) in [4.78, 5) is 11.9. The molecule has 1 aromatic rings. The monoisotopic (exact) mass is 331 g/mol. The molecule has 16 heavy (non-hydrogen) atoms. The van der Waals surface area contributed by atoms with Crippen molar-refractivity contribution in [3.63, 3.8) is 0 Å². The number of hydrogen-bond donors (Lipinski definition) is 1. The van der Waals surface area contributed by atoms with E-state index in [1.807, 2.05) is 24.3 Å². The van der Waals surface area contributed by atoms with Crippen LogP contribution in [0.2, 0.25) is 0 Å². The first-order valence-electron chi connectivity index (χ1n) is 5.34. The van der Waals surface area contributed by atoms with Gasteiger partial charge in [-0.05, 0) is 40.3 Å². The first-order chi connectivity index (χ1) is 7.75. The lowest BCUT2D eigenvalue weighted by molar-refractivity contribution is -0.123. The summed E-state index contributed by atoms with van der Waals surface area (Å²) in [5, 5.41) is 3.17. The second kappa shape index (κ2) is 5.75. The van der Waals surface area contributed by atoms with Crippen molar-refractivity contribution in [3.8, 4) is 0 Å². The van der Waals surface area contributed by atoms with Crippen LogP contribution in [0.4, 0.5) is 0 Å². The smallest absolute Gasteiger partial charge is 0.156 e. The molecule has 1 atom stereocenters. The van der Waals surface area contributed by atoms with Crippen molar-refractivity contribution in [1.29, 1.82) is 0 Å². The molecule has 1 aliphatic rings. The Morgan fingerprint density at radius 2 is 2.19 bits per heavy atom. The van der Waals surface area contributed by atoms with Gasteiger partial charge in [-0.25, -0.2) is 0 Å². The van der Waals surface area contributed by atoms with Crippen molar-refractivity contribution in [2.75, 3.05) is 19.8 Å². The lowest BCUT2D eigenvalue weighted by Gasteiger charge is -2.22. The largest absolute Gasteiger partial charge is 0.378 e. The number of hydrogen-bond acceptors (Lipinski definition) is 3. The summed E-state index contributed by atoms with van der Waals surface area (Å²) in [6.07, 6.45) is 0.484. The lowest BCUT2D eigenvalue weighted by Crippen LogP contribution is -2.47. The Morgan fingerprint density at radius 3 is 2.81 bits per heavy atom. The summed E-state index contributed by atoms with van der Waals surface area (Å²) in [5.74, 6) is 0.209. The second-order valence-electron chi connectivity index (χ2n) is 3.85. The van der Waals surface area contributed by atoms with Crippen molar-refractivity contribution in [1.82, 2.24) is 5.32 Å². The standard InChI is InChI=1S/C12H14INO2/c13-10-3-1-9(2-4-10)7-12(15)11-8-16-6-5-14-11/h1-4,11,14H,5-8H2. The number of morpholine rings is 1. The van der Waals surface area contributed by atoms with Gasteiger partial charge in [-0.1, -0.05) is 12.1 Å². The molecule has 2 rings (SSSR count). The fraction of sp³-hybridized carbons (Fsp3) is 0.417. The van der Waals surface area contributed by atoms with E-state index in [0.29, 0.717) is 19.6 Å². The van der Waals surface area contributed by atoms with E-state index in [4.69, 9.17) is 4.74 Å². The van der Waals surface area contributed by atoms with Crippen LogP contribution in [0, 0.1) is 3.57 Å². The third kappa shape index (κ3) is 3.26. The number of ketones is 1. The molecule has 1 aliphatic heterocycles. The molecule has 0 radical (unpaired) electrons. The predicted octanol–water partition coefficient (Wildman–Crippen LogP) is 1.39. The highest BCUT2D eigenvalue weighted by Crippen LogP contribution is 2.09. The SMILES string of the molecule is O=C(Cc1ccc(I)cc1)C1COCCN1. The molecule has 1 fully saturated rings. The maximum Gasteiger partial charge on any atom is 0.156 e. The number of benzene rings is 1. The first-order valence-corrected chi connectivity index (χ1v) is 6.42. The summed E-state index contributed by atoms with van der Waals surface area (Å²) >= 11 is 2.26. The number of Topliss-reactive ketones (excluding diaryl/α,β-unsaturated/α-hetero) is 1. The highest BCUT2D eigenvalue weighted by molar-refractivity contribution is 14.1. The second-order valence-corrected chi connectivity index (χ2v) is 5.10. The summed E-state index contributed by atoms with van der Waals surface area (Å²) in [5.41, 5.74) is 1.07. The molecule has 1 saturated heterocycles. The molecule has 0 aliphatic carbocycles.